The molecule has 1 aromatic heterocycles. The minimum atomic E-state index is -0.251. The van der Waals surface area contributed by atoms with Crippen molar-refractivity contribution < 1.29 is 4.79 Å². The molecule has 1 aliphatic heterocycles. The van der Waals surface area contributed by atoms with E-state index in [1.54, 1.807) is 0 Å². The number of rotatable bonds is 3. The van der Waals surface area contributed by atoms with E-state index in [-0.39, 0.29) is 18.0 Å². The Hall–Kier alpha value is -1.60. The molecular weight excluding hydrogens is 292 g/mol. The Labute approximate surface area is 125 Å². The number of aromatic nitrogens is 2. The highest BCUT2D eigenvalue weighted by Gasteiger charge is 2.27. The maximum Gasteiger partial charge on any atom is 0.243 e. The van der Waals surface area contributed by atoms with Crippen molar-refractivity contribution in [3.05, 3.63) is 30.1 Å². The SMILES string of the molecule is C[C@H](NC(=O)[C@@H]1CSC(=S)N1)c1nc2ccccc2[nH]1. The van der Waals surface area contributed by atoms with Gasteiger partial charge < -0.3 is 15.6 Å². The van der Waals surface area contributed by atoms with Crippen LogP contribution in [-0.4, -0.2) is 32.0 Å². The van der Waals surface area contributed by atoms with Gasteiger partial charge in [0.2, 0.25) is 5.91 Å². The van der Waals surface area contributed by atoms with Crippen molar-refractivity contribution in [1.82, 2.24) is 20.6 Å². The molecule has 1 fully saturated rings. The van der Waals surface area contributed by atoms with Crippen LogP contribution >= 0.6 is 24.0 Å². The summed E-state index contributed by atoms with van der Waals surface area (Å²) in [5.74, 6) is 1.38. The highest BCUT2D eigenvalue weighted by atomic mass is 32.2. The van der Waals surface area contributed by atoms with Crippen molar-refractivity contribution in [2.75, 3.05) is 5.75 Å². The van der Waals surface area contributed by atoms with Gasteiger partial charge in [-0.25, -0.2) is 4.98 Å². The van der Waals surface area contributed by atoms with Gasteiger partial charge in [0.05, 0.1) is 17.1 Å². The average molecular weight is 306 g/mol. The molecule has 0 radical (unpaired) electrons. The van der Waals surface area contributed by atoms with Crippen LogP contribution in [0.2, 0.25) is 0 Å². The number of amides is 1. The maximum absolute atomic E-state index is 12.1. The predicted octanol–water partition coefficient (Wildman–Crippen LogP) is 1.73. The topological polar surface area (TPSA) is 69.8 Å². The quantitative estimate of drug-likeness (QED) is 0.754. The van der Waals surface area contributed by atoms with Crippen LogP contribution < -0.4 is 10.6 Å². The van der Waals surface area contributed by atoms with Gasteiger partial charge in [0.25, 0.3) is 0 Å². The zero-order valence-corrected chi connectivity index (χ0v) is 12.5. The molecule has 2 aromatic rings. The van der Waals surface area contributed by atoms with E-state index in [4.69, 9.17) is 12.2 Å². The third-order valence-corrected chi connectivity index (χ3v) is 4.52. The molecule has 0 saturated carbocycles. The average Bonchev–Trinajstić information content (AvgIpc) is 3.04. The molecule has 0 bridgehead atoms. The highest BCUT2D eigenvalue weighted by Crippen LogP contribution is 2.17. The molecule has 7 heteroatoms. The number of nitrogens with zero attached hydrogens (tertiary/aromatic N) is 1. The summed E-state index contributed by atoms with van der Waals surface area (Å²) in [5.41, 5.74) is 1.87. The second-order valence-corrected chi connectivity index (χ2v) is 6.36. The van der Waals surface area contributed by atoms with Crippen LogP contribution in [0.1, 0.15) is 18.8 Å². The Balaban J connectivity index is 1.70. The number of benzene rings is 1. The van der Waals surface area contributed by atoms with Gasteiger partial charge >= 0.3 is 0 Å². The van der Waals surface area contributed by atoms with Crippen LogP contribution in [0.25, 0.3) is 11.0 Å². The smallest absolute Gasteiger partial charge is 0.243 e. The first-order valence-corrected chi connectivity index (χ1v) is 7.71. The fraction of sp³-hybridized carbons (Fsp3) is 0.308. The predicted molar refractivity (Wildman–Crippen MR) is 84.6 cm³/mol. The maximum atomic E-state index is 12.1. The highest BCUT2D eigenvalue weighted by molar-refractivity contribution is 8.23. The Kier molecular flexibility index (Phi) is 3.62. The fourth-order valence-electron chi connectivity index (χ4n) is 2.09. The largest absolute Gasteiger partial charge is 0.359 e. The van der Waals surface area contributed by atoms with Gasteiger partial charge in [0, 0.05) is 5.75 Å². The third-order valence-electron chi connectivity index (χ3n) is 3.17. The number of carbonyl (C=O) groups excluding carboxylic acids is 1. The van der Waals surface area contributed by atoms with Gasteiger partial charge in [-0.2, -0.15) is 0 Å². The molecule has 0 aliphatic carbocycles. The molecule has 5 nitrogen and oxygen atoms in total. The van der Waals surface area contributed by atoms with E-state index in [0.29, 0.717) is 10.1 Å². The van der Waals surface area contributed by atoms with Gasteiger partial charge in [-0.1, -0.05) is 36.1 Å². The Morgan fingerprint density at radius 3 is 3.05 bits per heavy atom. The number of thiocarbonyl (C=S) groups is 1. The summed E-state index contributed by atoms with van der Waals surface area (Å²) in [6.07, 6.45) is 0. The molecule has 20 heavy (non-hydrogen) atoms. The number of aromatic amines is 1. The second-order valence-electron chi connectivity index (χ2n) is 4.66. The summed E-state index contributed by atoms with van der Waals surface area (Å²) in [4.78, 5) is 19.8. The standard InChI is InChI=1S/C13H14N4OS2/c1-7(14-12(18)10-6-20-13(19)17-10)11-15-8-4-2-3-5-9(8)16-11/h2-5,7,10H,6H2,1H3,(H,14,18)(H,15,16)(H,17,19)/t7-,10-/m0/s1. The molecule has 0 unspecified atom stereocenters. The zero-order chi connectivity index (χ0) is 14.1. The molecule has 3 N–H and O–H groups in total. The number of fused-ring (bicyclic) bond motifs is 1. The summed E-state index contributed by atoms with van der Waals surface area (Å²) < 4.78 is 0.682. The Morgan fingerprint density at radius 2 is 2.35 bits per heavy atom. The monoisotopic (exact) mass is 306 g/mol. The van der Waals surface area contributed by atoms with Crippen LogP contribution in [0.3, 0.4) is 0 Å². The van der Waals surface area contributed by atoms with Crippen LogP contribution in [0.15, 0.2) is 24.3 Å². The van der Waals surface area contributed by atoms with E-state index in [1.165, 1.54) is 11.8 Å². The molecule has 1 amide bonds. The van der Waals surface area contributed by atoms with Gasteiger partial charge in [-0.05, 0) is 19.1 Å². The van der Waals surface area contributed by atoms with E-state index in [1.807, 2.05) is 31.2 Å². The molecule has 2 heterocycles. The lowest BCUT2D eigenvalue weighted by Crippen LogP contribution is -2.43. The molecular formula is C13H14N4OS2. The van der Waals surface area contributed by atoms with E-state index < -0.39 is 0 Å². The molecule has 104 valence electrons. The lowest BCUT2D eigenvalue weighted by atomic mass is 10.2. The van der Waals surface area contributed by atoms with E-state index in [0.717, 1.165) is 16.9 Å². The van der Waals surface area contributed by atoms with Crippen LogP contribution in [0.5, 0.6) is 0 Å². The first-order valence-electron chi connectivity index (χ1n) is 6.32. The Bertz CT molecular complexity index is 636. The molecule has 1 aliphatic rings. The number of hydrogen-bond donors (Lipinski definition) is 3. The van der Waals surface area contributed by atoms with Gasteiger partial charge in [0.15, 0.2) is 0 Å². The first kappa shape index (κ1) is 13.4. The van der Waals surface area contributed by atoms with Crippen molar-refractivity contribution in [2.45, 2.75) is 19.0 Å². The number of carbonyl (C=O) groups is 1. The van der Waals surface area contributed by atoms with E-state index >= 15 is 0 Å². The molecule has 0 spiro atoms. The number of thioether (sulfide) groups is 1. The lowest BCUT2D eigenvalue weighted by Gasteiger charge is -2.15. The van der Waals surface area contributed by atoms with Crippen LogP contribution in [0, 0.1) is 0 Å². The fourth-order valence-corrected chi connectivity index (χ4v) is 3.21. The van der Waals surface area contributed by atoms with Crippen LogP contribution in [-0.2, 0) is 4.79 Å². The summed E-state index contributed by atoms with van der Waals surface area (Å²) in [7, 11) is 0. The molecule has 3 rings (SSSR count). The minimum absolute atomic E-state index is 0.0506. The molecule has 1 aromatic carbocycles. The van der Waals surface area contributed by atoms with Crippen molar-refractivity contribution in [2.24, 2.45) is 0 Å². The Morgan fingerprint density at radius 1 is 1.55 bits per heavy atom. The van der Waals surface area contributed by atoms with Gasteiger partial charge in [-0.3, -0.25) is 4.79 Å². The zero-order valence-electron chi connectivity index (χ0n) is 10.8. The number of H-pyrrole nitrogens is 1. The lowest BCUT2D eigenvalue weighted by molar-refractivity contribution is -0.122. The summed E-state index contributed by atoms with van der Waals surface area (Å²) in [5, 5.41) is 5.94. The molecule has 2 atom stereocenters. The summed E-state index contributed by atoms with van der Waals surface area (Å²) in [6.45, 7) is 1.91. The van der Waals surface area contributed by atoms with Crippen molar-refractivity contribution in [1.29, 1.82) is 0 Å². The van der Waals surface area contributed by atoms with Crippen molar-refractivity contribution in [3.63, 3.8) is 0 Å². The summed E-state index contributed by atoms with van der Waals surface area (Å²) >= 11 is 6.52. The van der Waals surface area contributed by atoms with Crippen molar-refractivity contribution >= 4 is 45.2 Å². The molecule has 1 saturated heterocycles. The summed E-state index contributed by atoms with van der Waals surface area (Å²) in [6, 6.07) is 7.38. The number of nitrogens with one attached hydrogen (secondary N) is 3. The number of hydrogen-bond acceptors (Lipinski definition) is 4. The van der Waals surface area contributed by atoms with E-state index in [9.17, 15) is 4.79 Å². The number of para-hydroxylation sites is 2. The van der Waals surface area contributed by atoms with Gasteiger partial charge in [0.1, 0.15) is 16.2 Å². The van der Waals surface area contributed by atoms with E-state index in [2.05, 4.69) is 20.6 Å². The third kappa shape index (κ3) is 2.64. The first-order chi connectivity index (χ1) is 9.63. The van der Waals surface area contributed by atoms with Gasteiger partial charge in [-0.15, -0.1) is 0 Å². The normalized spacial score (nSPS) is 19.9. The second kappa shape index (κ2) is 5.41. The number of imidazole rings is 1. The van der Waals surface area contributed by atoms with Crippen molar-refractivity contribution in [3.8, 4) is 0 Å². The minimum Gasteiger partial charge on any atom is -0.359 e. The van der Waals surface area contributed by atoms with Crippen LogP contribution in [0.4, 0.5) is 0 Å².